The molecule has 3 atom stereocenters. The average molecular weight is 298 g/mol. The fourth-order valence-electron chi connectivity index (χ4n) is 5.13. The Kier molecular flexibility index (Phi) is 3.97. The van der Waals surface area contributed by atoms with E-state index in [0.717, 1.165) is 19.3 Å². The highest BCUT2D eigenvalue weighted by Crippen LogP contribution is 2.58. The van der Waals surface area contributed by atoms with E-state index < -0.39 is 0 Å². The zero-order valence-electron chi connectivity index (χ0n) is 14.5. The summed E-state index contributed by atoms with van der Waals surface area (Å²) < 4.78 is 0. The summed E-state index contributed by atoms with van der Waals surface area (Å²) in [6.07, 6.45) is 5.48. The molecular formula is C21H30O. The van der Waals surface area contributed by atoms with Gasteiger partial charge in [0.1, 0.15) is 0 Å². The molecule has 0 spiro atoms. The Balaban J connectivity index is 1.99. The second kappa shape index (κ2) is 5.53. The number of hydrogen-bond donors (Lipinski definition) is 1. The van der Waals surface area contributed by atoms with Gasteiger partial charge in [0.25, 0.3) is 0 Å². The van der Waals surface area contributed by atoms with E-state index >= 15 is 0 Å². The van der Waals surface area contributed by atoms with Crippen molar-refractivity contribution in [3.8, 4) is 0 Å². The highest BCUT2D eigenvalue weighted by Gasteiger charge is 2.51. The molecule has 2 aliphatic rings. The lowest BCUT2D eigenvalue weighted by Crippen LogP contribution is -2.49. The fraction of sp³-hybridized carbons (Fsp3) is 0.619. The van der Waals surface area contributed by atoms with Crippen molar-refractivity contribution < 1.29 is 5.11 Å². The van der Waals surface area contributed by atoms with Crippen LogP contribution in [0.25, 0.3) is 5.57 Å². The fourth-order valence-corrected chi connectivity index (χ4v) is 5.13. The molecule has 1 fully saturated rings. The van der Waals surface area contributed by atoms with Crippen LogP contribution in [0.2, 0.25) is 0 Å². The van der Waals surface area contributed by atoms with Gasteiger partial charge in [0.2, 0.25) is 0 Å². The van der Waals surface area contributed by atoms with Gasteiger partial charge in [-0.15, -0.1) is 0 Å². The molecule has 1 saturated carbocycles. The summed E-state index contributed by atoms with van der Waals surface area (Å²) in [4.78, 5) is 0. The number of benzene rings is 1. The van der Waals surface area contributed by atoms with Crippen molar-refractivity contribution in [3.05, 3.63) is 41.5 Å². The van der Waals surface area contributed by atoms with E-state index in [4.69, 9.17) is 0 Å². The van der Waals surface area contributed by atoms with Crippen LogP contribution in [0.4, 0.5) is 0 Å². The van der Waals surface area contributed by atoms with Gasteiger partial charge in [-0.3, -0.25) is 0 Å². The van der Waals surface area contributed by atoms with Crippen LogP contribution in [-0.4, -0.2) is 11.2 Å². The molecule has 120 valence electrons. The van der Waals surface area contributed by atoms with E-state index in [2.05, 4.69) is 58.0 Å². The monoisotopic (exact) mass is 298 g/mol. The molecule has 3 rings (SSSR count). The average Bonchev–Trinajstić information content (AvgIpc) is 2.63. The molecule has 22 heavy (non-hydrogen) atoms. The van der Waals surface area contributed by atoms with Crippen LogP contribution in [0.15, 0.2) is 35.9 Å². The van der Waals surface area contributed by atoms with E-state index in [1.807, 2.05) is 0 Å². The van der Waals surface area contributed by atoms with Crippen LogP contribution in [0, 0.1) is 16.7 Å². The van der Waals surface area contributed by atoms with Crippen LogP contribution >= 0.6 is 0 Å². The van der Waals surface area contributed by atoms with Gasteiger partial charge in [0, 0.05) is 0 Å². The minimum atomic E-state index is -0.149. The van der Waals surface area contributed by atoms with Gasteiger partial charge in [-0.05, 0) is 66.9 Å². The SMILES string of the molecule is CC1=C(c2ccccc2)C[C@@]2(C)CC[C@H](O)C(C)(C)[C@@H]2CC1. The first-order valence-electron chi connectivity index (χ1n) is 8.77. The van der Waals surface area contributed by atoms with Crippen molar-refractivity contribution in [3.63, 3.8) is 0 Å². The van der Waals surface area contributed by atoms with Gasteiger partial charge in [-0.25, -0.2) is 0 Å². The van der Waals surface area contributed by atoms with Gasteiger partial charge >= 0.3 is 0 Å². The Bertz CT molecular complexity index is 569. The molecule has 0 bridgehead atoms. The first-order chi connectivity index (χ1) is 10.3. The summed E-state index contributed by atoms with van der Waals surface area (Å²) in [7, 11) is 0. The molecule has 1 nitrogen and oxygen atoms in total. The molecule has 1 aromatic carbocycles. The lowest BCUT2D eigenvalue weighted by molar-refractivity contribution is -0.0945. The van der Waals surface area contributed by atoms with Gasteiger partial charge in [-0.2, -0.15) is 0 Å². The van der Waals surface area contributed by atoms with Crippen LogP contribution in [-0.2, 0) is 0 Å². The summed E-state index contributed by atoms with van der Waals surface area (Å²) >= 11 is 0. The maximum Gasteiger partial charge on any atom is 0.0594 e. The molecule has 0 heterocycles. The summed E-state index contributed by atoms with van der Waals surface area (Å²) in [6, 6.07) is 10.9. The summed E-state index contributed by atoms with van der Waals surface area (Å²) in [5.74, 6) is 0.597. The minimum Gasteiger partial charge on any atom is -0.393 e. The van der Waals surface area contributed by atoms with E-state index in [1.54, 1.807) is 11.1 Å². The molecule has 0 amide bonds. The number of aliphatic hydroxyl groups is 1. The maximum atomic E-state index is 10.5. The predicted molar refractivity (Wildman–Crippen MR) is 93.5 cm³/mol. The predicted octanol–water partition coefficient (Wildman–Crippen LogP) is 5.45. The first-order valence-corrected chi connectivity index (χ1v) is 8.77. The van der Waals surface area contributed by atoms with Gasteiger partial charge in [0.15, 0.2) is 0 Å². The Morgan fingerprint density at radius 3 is 2.41 bits per heavy atom. The van der Waals surface area contributed by atoms with E-state index in [0.29, 0.717) is 11.3 Å². The second-order valence-corrected chi connectivity index (χ2v) is 8.42. The zero-order valence-corrected chi connectivity index (χ0v) is 14.5. The lowest BCUT2D eigenvalue weighted by Gasteiger charge is -2.53. The van der Waals surface area contributed by atoms with Crippen molar-refractivity contribution >= 4 is 5.57 Å². The maximum absolute atomic E-state index is 10.5. The third kappa shape index (κ3) is 2.54. The molecule has 0 radical (unpaired) electrons. The van der Waals surface area contributed by atoms with E-state index in [1.165, 1.54) is 18.4 Å². The number of fused-ring (bicyclic) bond motifs is 1. The quantitative estimate of drug-likeness (QED) is 0.731. The Morgan fingerprint density at radius 2 is 1.73 bits per heavy atom. The standard InChI is InChI=1S/C21H30O/c1-15-10-11-18-20(2,3)19(22)12-13-21(18,4)14-17(15)16-8-6-5-7-9-16/h5-9,18-19,22H,10-14H2,1-4H3/t18-,19-,21+/m0/s1. The van der Waals surface area contributed by atoms with Gasteiger partial charge in [-0.1, -0.05) is 56.7 Å². The Morgan fingerprint density at radius 1 is 1.05 bits per heavy atom. The molecule has 0 unspecified atom stereocenters. The van der Waals surface area contributed by atoms with Crippen LogP contribution in [0.1, 0.15) is 65.4 Å². The summed E-state index contributed by atoms with van der Waals surface area (Å²) in [5.41, 5.74) is 4.83. The van der Waals surface area contributed by atoms with Crippen LogP contribution < -0.4 is 0 Å². The van der Waals surface area contributed by atoms with Crippen molar-refractivity contribution in [2.45, 2.75) is 65.9 Å². The van der Waals surface area contributed by atoms with E-state index in [9.17, 15) is 5.11 Å². The van der Waals surface area contributed by atoms with Crippen molar-refractivity contribution in [2.75, 3.05) is 0 Å². The van der Waals surface area contributed by atoms with Crippen molar-refractivity contribution in [1.29, 1.82) is 0 Å². The van der Waals surface area contributed by atoms with Gasteiger partial charge in [0.05, 0.1) is 6.10 Å². The molecule has 0 aliphatic heterocycles. The smallest absolute Gasteiger partial charge is 0.0594 e. The van der Waals surface area contributed by atoms with Gasteiger partial charge < -0.3 is 5.11 Å². The molecule has 1 N–H and O–H groups in total. The third-order valence-electron chi connectivity index (χ3n) is 6.61. The molecule has 2 aliphatic carbocycles. The molecule has 0 saturated heterocycles. The molecule has 0 aromatic heterocycles. The van der Waals surface area contributed by atoms with Crippen molar-refractivity contribution in [2.24, 2.45) is 16.7 Å². The summed E-state index contributed by atoms with van der Waals surface area (Å²) in [6.45, 7) is 9.34. The lowest BCUT2D eigenvalue weighted by atomic mass is 9.53. The number of aliphatic hydroxyl groups excluding tert-OH is 1. The Hall–Kier alpha value is -1.08. The normalized spacial score (nSPS) is 35.0. The highest BCUT2D eigenvalue weighted by molar-refractivity contribution is 5.69. The summed E-state index contributed by atoms with van der Waals surface area (Å²) in [5, 5.41) is 10.5. The zero-order chi connectivity index (χ0) is 16.0. The number of rotatable bonds is 1. The molecular weight excluding hydrogens is 268 g/mol. The van der Waals surface area contributed by atoms with Crippen LogP contribution in [0.3, 0.4) is 0 Å². The molecule has 1 aromatic rings. The largest absolute Gasteiger partial charge is 0.393 e. The third-order valence-corrected chi connectivity index (χ3v) is 6.61. The minimum absolute atomic E-state index is 0.0272. The topological polar surface area (TPSA) is 20.2 Å². The second-order valence-electron chi connectivity index (χ2n) is 8.42. The number of hydrogen-bond acceptors (Lipinski definition) is 1. The van der Waals surface area contributed by atoms with E-state index in [-0.39, 0.29) is 11.5 Å². The van der Waals surface area contributed by atoms with Crippen molar-refractivity contribution in [1.82, 2.24) is 0 Å². The van der Waals surface area contributed by atoms with Crippen LogP contribution in [0.5, 0.6) is 0 Å². The number of allylic oxidation sites excluding steroid dienone is 2. The first kappa shape index (κ1) is 15.8. The Labute approximate surface area is 135 Å². The molecule has 1 heteroatoms. The highest BCUT2D eigenvalue weighted by atomic mass is 16.3.